The van der Waals surface area contributed by atoms with Crippen molar-refractivity contribution < 1.29 is 23.9 Å². The van der Waals surface area contributed by atoms with Crippen LogP contribution in [0.25, 0.3) is 0 Å². The van der Waals surface area contributed by atoms with E-state index >= 15 is 0 Å². The maximum Gasteiger partial charge on any atom is 0.315 e. The van der Waals surface area contributed by atoms with Gasteiger partial charge in [0.05, 0.1) is 7.11 Å². The van der Waals surface area contributed by atoms with E-state index in [0.29, 0.717) is 32.4 Å². The number of rotatable bonds is 7. The molecule has 0 unspecified atom stereocenters. The number of esters is 1. The lowest BCUT2D eigenvalue weighted by Crippen LogP contribution is -2.53. The average molecular weight is 444 g/mol. The number of nitrogens with one attached hydrogen (secondary N) is 1. The van der Waals surface area contributed by atoms with Crippen molar-refractivity contribution in [2.45, 2.75) is 51.0 Å². The summed E-state index contributed by atoms with van der Waals surface area (Å²) in [6.07, 6.45) is 4.48. The number of likely N-dealkylation sites (tertiary alicyclic amines) is 2. The molecule has 0 radical (unpaired) electrons. The summed E-state index contributed by atoms with van der Waals surface area (Å²) in [5, 5.41) is 2.71. The molecule has 2 heterocycles. The molecular weight excluding hydrogens is 410 g/mol. The maximum atomic E-state index is 13.3. The second-order valence-electron chi connectivity index (χ2n) is 8.55. The van der Waals surface area contributed by atoms with Gasteiger partial charge in [-0.3, -0.25) is 19.2 Å². The molecule has 174 valence electrons. The second kappa shape index (κ2) is 11.6. The van der Waals surface area contributed by atoms with Crippen LogP contribution in [0.3, 0.4) is 0 Å². The molecular formula is C24H33N3O5. The van der Waals surface area contributed by atoms with Crippen LogP contribution in [0.1, 0.15) is 44.1 Å². The molecule has 8 heteroatoms. The predicted molar refractivity (Wildman–Crippen MR) is 118 cm³/mol. The second-order valence-corrected chi connectivity index (χ2v) is 8.55. The number of piperidine rings is 2. The molecule has 0 saturated carbocycles. The first-order valence-electron chi connectivity index (χ1n) is 11.5. The monoisotopic (exact) mass is 443 g/mol. The highest BCUT2D eigenvalue weighted by Crippen LogP contribution is 2.23. The summed E-state index contributed by atoms with van der Waals surface area (Å²) >= 11 is 0. The molecule has 0 spiro atoms. The van der Waals surface area contributed by atoms with Crippen LogP contribution < -0.4 is 5.32 Å². The molecule has 1 aromatic rings. The van der Waals surface area contributed by atoms with Crippen LogP contribution in [-0.4, -0.2) is 72.8 Å². The Morgan fingerprint density at radius 1 is 0.969 bits per heavy atom. The highest BCUT2D eigenvalue weighted by atomic mass is 16.5. The van der Waals surface area contributed by atoms with Gasteiger partial charge in [0, 0.05) is 38.5 Å². The third-order valence-corrected chi connectivity index (χ3v) is 6.27. The smallest absolute Gasteiger partial charge is 0.315 e. The minimum atomic E-state index is -0.774. The van der Waals surface area contributed by atoms with E-state index in [4.69, 9.17) is 0 Å². The third kappa shape index (κ3) is 6.55. The number of amides is 3. The molecule has 2 fully saturated rings. The number of hydrogen-bond acceptors (Lipinski definition) is 5. The van der Waals surface area contributed by atoms with Gasteiger partial charge in [0.2, 0.25) is 17.7 Å². The van der Waals surface area contributed by atoms with Crippen LogP contribution in [-0.2, 0) is 30.3 Å². The van der Waals surface area contributed by atoms with Gasteiger partial charge in [-0.1, -0.05) is 30.3 Å². The fourth-order valence-electron chi connectivity index (χ4n) is 4.44. The Hall–Kier alpha value is -2.90. The first-order valence-corrected chi connectivity index (χ1v) is 11.5. The number of methoxy groups -OCH3 is 1. The van der Waals surface area contributed by atoms with Crippen LogP contribution >= 0.6 is 0 Å². The quantitative estimate of drug-likeness (QED) is 0.509. The number of ether oxygens (including phenoxy) is 1. The molecule has 1 N–H and O–H groups in total. The average Bonchev–Trinajstić information content (AvgIpc) is 2.84. The summed E-state index contributed by atoms with van der Waals surface area (Å²) in [7, 11) is 1.22. The van der Waals surface area contributed by atoms with Crippen molar-refractivity contribution in [2.75, 3.05) is 33.3 Å². The van der Waals surface area contributed by atoms with Crippen molar-refractivity contribution in [2.24, 2.45) is 5.92 Å². The normalized spacial score (nSPS) is 18.0. The Labute approximate surface area is 189 Å². The Kier molecular flexibility index (Phi) is 8.64. The third-order valence-electron chi connectivity index (χ3n) is 6.27. The van der Waals surface area contributed by atoms with Crippen LogP contribution in [0.5, 0.6) is 0 Å². The zero-order valence-corrected chi connectivity index (χ0v) is 18.8. The molecule has 8 nitrogen and oxygen atoms in total. The number of carbonyl (C=O) groups is 4. The Bertz CT molecular complexity index is 799. The first kappa shape index (κ1) is 23.8. The summed E-state index contributed by atoms with van der Waals surface area (Å²) in [5.74, 6) is -1.20. The molecule has 0 bridgehead atoms. The van der Waals surface area contributed by atoms with Crippen LogP contribution in [0, 0.1) is 5.92 Å². The van der Waals surface area contributed by atoms with E-state index in [2.05, 4.69) is 10.1 Å². The molecule has 3 amide bonds. The van der Waals surface area contributed by atoms with E-state index < -0.39 is 24.3 Å². The SMILES string of the molecule is COC(=O)CC(=O)N[C@H](Cc1ccccc1)C(=O)N1CCC(C(=O)N2CCCCC2)CC1. The van der Waals surface area contributed by atoms with Gasteiger partial charge in [0.25, 0.3) is 0 Å². The van der Waals surface area contributed by atoms with Gasteiger partial charge in [0.1, 0.15) is 12.5 Å². The van der Waals surface area contributed by atoms with Gasteiger partial charge in [-0.2, -0.15) is 0 Å². The lowest BCUT2D eigenvalue weighted by Gasteiger charge is -2.37. The van der Waals surface area contributed by atoms with Crippen LogP contribution in [0.2, 0.25) is 0 Å². The summed E-state index contributed by atoms with van der Waals surface area (Å²) in [5.41, 5.74) is 0.916. The molecule has 3 rings (SSSR count). The molecule has 2 aliphatic rings. The van der Waals surface area contributed by atoms with Crippen molar-refractivity contribution in [1.82, 2.24) is 15.1 Å². The van der Waals surface area contributed by atoms with Gasteiger partial charge in [-0.15, -0.1) is 0 Å². The van der Waals surface area contributed by atoms with Gasteiger partial charge < -0.3 is 19.9 Å². The number of nitrogens with zero attached hydrogens (tertiary/aromatic N) is 2. The standard InChI is InChI=1S/C24H33N3O5/c1-32-22(29)17-21(28)25-20(16-18-8-4-2-5-9-18)24(31)27-14-10-19(11-15-27)23(30)26-12-6-3-7-13-26/h2,4-5,8-9,19-20H,3,6-7,10-17H2,1H3,(H,25,28)/t20-/m1/s1. The number of hydrogen-bond donors (Lipinski definition) is 1. The zero-order chi connectivity index (χ0) is 22.9. The fourth-order valence-corrected chi connectivity index (χ4v) is 4.44. The minimum Gasteiger partial charge on any atom is -0.469 e. The maximum absolute atomic E-state index is 13.3. The van der Waals surface area contributed by atoms with Gasteiger partial charge in [-0.25, -0.2) is 0 Å². The zero-order valence-electron chi connectivity index (χ0n) is 18.8. The molecule has 2 saturated heterocycles. The number of carbonyl (C=O) groups excluding carboxylic acids is 4. The Morgan fingerprint density at radius 3 is 2.25 bits per heavy atom. The summed E-state index contributed by atoms with van der Waals surface area (Å²) in [4.78, 5) is 53.5. The minimum absolute atomic E-state index is 0.0429. The predicted octanol–water partition coefficient (Wildman–Crippen LogP) is 1.53. The Balaban J connectivity index is 1.60. The summed E-state index contributed by atoms with van der Waals surface area (Å²) < 4.78 is 4.55. The molecule has 0 aromatic heterocycles. The van der Waals surface area contributed by atoms with Crippen LogP contribution in [0.4, 0.5) is 0 Å². The molecule has 1 atom stereocenters. The van der Waals surface area contributed by atoms with Gasteiger partial charge >= 0.3 is 5.97 Å². The van der Waals surface area contributed by atoms with Crippen molar-refractivity contribution in [3.8, 4) is 0 Å². The molecule has 32 heavy (non-hydrogen) atoms. The summed E-state index contributed by atoms with van der Waals surface area (Å²) in [6.45, 7) is 2.65. The van der Waals surface area contributed by atoms with E-state index in [1.165, 1.54) is 13.5 Å². The van der Waals surface area contributed by atoms with Gasteiger partial charge in [-0.05, 0) is 37.7 Å². The van der Waals surface area contributed by atoms with Gasteiger partial charge in [0.15, 0.2) is 0 Å². The lowest BCUT2D eigenvalue weighted by molar-refractivity contribution is -0.145. The van der Waals surface area contributed by atoms with E-state index in [-0.39, 0.29) is 17.7 Å². The molecule has 1 aromatic carbocycles. The van der Waals surface area contributed by atoms with Crippen molar-refractivity contribution in [3.05, 3.63) is 35.9 Å². The Morgan fingerprint density at radius 2 is 1.62 bits per heavy atom. The van der Waals surface area contributed by atoms with E-state index in [1.807, 2.05) is 35.2 Å². The lowest BCUT2D eigenvalue weighted by atomic mass is 9.93. The van der Waals surface area contributed by atoms with Crippen molar-refractivity contribution in [3.63, 3.8) is 0 Å². The molecule has 2 aliphatic heterocycles. The fraction of sp³-hybridized carbons (Fsp3) is 0.583. The first-order chi connectivity index (χ1) is 15.5. The van der Waals surface area contributed by atoms with E-state index in [9.17, 15) is 19.2 Å². The van der Waals surface area contributed by atoms with Crippen molar-refractivity contribution in [1.29, 1.82) is 0 Å². The largest absolute Gasteiger partial charge is 0.469 e. The van der Waals surface area contributed by atoms with E-state index in [0.717, 1.165) is 31.5 Å². The highest BCUT2D eigenvalue weighted by Gasteiger charge is 2.33. The van der Waals surface area contributed by atoms with E-state index in [1.54, 1.807) is 4.90 Å². The molecule has 0 aliphatic carbocycles. The van der Waals surface area contributed by atoms with Crippen molar-refractivity contribution >= 4 is 23.7 Å². The highest BCUT2D eigenvalue weighted by molar-refractivity contribution is 5.96. The number of benzene rings is 1. The van der Waals surface area contributed by atoms with Crippen LogP contribution in [0.15, 0.2) is 30.3 Å². The topological polar surface area (TPSA) is 96.0 Å². The summed E-state index contributed by atoms with van der Waals surface area (Å²) in [6, 6.07) is 8.67.